The van der Waals surface area contributed by atoms with Gasteiger partial charge < -0.3 is 5.11 Å². The highest BCUT2D eigenvalue weighted by molar-refractivity contribution is 5.86. The van der Waals surface area contributed by atoms with Gasteiger partial charge in [-0.15, -0.1) is 0 Å². The maximum absolute atomic E-state index is 13.9. The lowest BCUT2D eigenvalue weighted by Crippen LogP contribution is -2.59. The van der Waals surface area contributed by atoms with Crippen LogP contribution >= 0.6 is 0 Å². The molecular weight excluding hydrogens is 360 g/mol. The first kappa shape index (κ1) is 21.4. The fourth-order valence-electron chi connectivity index (χ4n) is 9.24. The van der Waals surface area contributed by atoms with E-state index in [2.05, 4.69) is 27.7 Å². The molecule has 9 atom stereocenters. The normalized spacial score (nSPS) is 47.8. The van der Waals surface area contributed by atoms with Gasteiger partial charge in [-0.2, -0.15) is 0 Å². The third-order valence-corrected chi connectivity index (χ3v) is 10.6. The van der Waals surface area contributed by atoms with Crippen LogP contribution in [0.4, 0.5) is 0 Å². The van der Waals surface area contributed by atoms with E-state index < -0.39 is 5.97 Å². The van der Waals surface area contributed by atoms with Crippen molar-refractivity contribution >= 4 is 11.8 Å². The second-order valence-corrected chi connectivity index (χ2v) is 11.7. The highest BCUT2D eigenvalue weighted by Crippen LogP contribution is 2.68. The number of Topliss-reactive ketones (excluding diaryl/α,β-unsaturated/α-hetero) is 1. The number of rotatable bonds is 5. The van der Waals surface area contributed by atoms with Crippen LogP contribution in [0.25, 0.3) is 0 Å². The van der Waals surface area contributed by atoms with Crippen LogP contribution in [0.1, 0.15) is 98.3 Å². The Labute approximate surface area is 177 Å². The maximum atomic E-state index is 13.9. The zero-order valence-electron chi connectivity index (χ0n) is 19.1. The molecule has 29 heavy (non-hydrogen) atoms. The predicted molar refractivity (Wildman–Crippen MR) is 115 cm³/mol. The summed E-state index contributed by atoms with van der Waals surface area (Å²) in [6, 6.07) is 0. The van der Waals surface area contributed by atoms with E-state index in [4.69, 9.17) is 5.11 Å². The van der Waals surface area contributed by atoms with Gasteiger partial charge in [0.05, 0.1) is 0 Å². The summed E-state index contributed by atoms with van der Waals surface area (Å²) in [4.78, 5) is 25.0. The summed E-state index contributed by atoms with van der Waals surface area (Å²) in [5.41, 5.74) is 0.594. The van der Waals surface area contributed by atoms with Gasteiger partial charge in [0.25, 0.3) is 0 Å². The van der Waals surface area contributed by atoms with E-state index in [0.29, 0.717) is 40.8 Å². The molecule has 7 unspecified atom stereocenters. The molecule has 3 heteroatoms. The van der Waals surface area contributed by atoms with Crippen molar-refractivity contribution in [3.8, 4) is 0 Å². The van der Waals surface area contributed by atoms with Crippen LogP contribution in [0.2, 0.25) is 0 Å². The zero-order valence-corrected chi connectivity index (χ0v) is 19.1. The van der Waals surface area contributed by atoms with Gasteiger partial charge in [0.1, 0.15) is 5.78 Å². The lowest BCUT2D eigenvalue weighted by atomic mass is 9.42. The van der Waals surface area contributed by atoms with Gasteiger partial charge in [-0.05, 0) is 91.8 Å². The van der Waals surface area contributed by atoms with Gasteiger partial charge >= 0.3 is 5.97 Å². The summed E-state index contributed by atoms with van der Waals surface area (Å²) in [5.74, 6) is 3.26. The molecule has 4 rings (SSSR count). The van der Waals surface area contributed by atoms with E-state index in [1.54, 1.807) is 0 Å². The number of hydrogen-bond acceptors (Lipinski definition) is 2. The summed E-state index contributed by atoms with van der Waals surface area (Å²) in [6.45, 7) is 9.52. The molecule has 1 N–H and O–H groups in total. The first-order valence-electron chi connectivity index (χ1n) is 12.5. The van der Waals surface area contributed by atoms with Gasteiger partial charge in [0.2, 0.25) is 0 Å². The average molecular weight is 403 g/mol. The molecule has 4 aliphatic rings. The quantitative estimate of drug-likeness (QED) is 0.583. The second-order valence-electron chi connectivity index (χ2n) is 11.7. The zero-order chi connectivity index (χ0) is 21.0. The molecular formula is C26H42O3. The fourth-order valence-corrected chi connectivity index (χ4v) is 9.24. The molecule has 3 nitrogen and oxygen atoms in total. The van der Waals surface area contributed by atoms with Crippen LogP contribution in [0.5, 0.6) is 0 Å². The molecule has 4 saturated carbocycles. The molecule has 0 aromatic carbocycles. The molecule has 0 aliphatic heterocycles. The van der Waals surface area contributed by atoms with Crippen LogP contribution in [0, 0.1) is 52.3 Å². The summed E-state index contributed by atoms with van der Waals surface area (Å²) < 4.78 is 0. The van der Waals surface area contributed by atoms with Gasteiger partial charge in [0, 0.05) is 18.3 Å². The predicted octanol–water partition coefficient (Wildman–Crippen LogP) is 6.35. The average Bonchev–Trinajstić information content (AvgIpc) is 3.04. The number of ketones is 1. The van der Waals surface area contributed by atoms with Crippen LogP contribution in [-0.2, 0) is 9.59 Å². The fraction of sp³-hybridized carbons (Fsp3) is 0.923. The standard InChI is InChI=1S/C26H42O3/c1-5-17-19-8-6-7-14-25(19,3)21-13-15-26(4)18(16(2)9-12-22(27)28)10-11-20(26)23(21)24(17)29/h16-21,23H,5-15H2,1-4H3,(H,27,28)/t16?,17-,18?,19?,20?,21+,23?,25?,26?/m1/s1. The van der Waals surface area contributed by atoms with E-state index in [0.717, 1.165) is 12.8 Å². The molecule has 4 fully saturated rings. The van der Waals surface area contributed by atoms with E-state index in [1.165, 1.54) is 51.4 Å². The van der Waals surface area contributed by atoms with Crippen LogP contribution in [0.15, 0.2) is 0 Å². The molecule has 0 saturated heterocycles. The molecule has 0 spiro atoms. The summed E-state index contributed by atoms with van der Waals surface area (Å²) in [7, 11) is 0. The van der Waals surface area contributed by atoms with E-state index >= 15 is 0 Å². The Morgan fingerprint density at radius 3 is 2.45 bits per heavy atom. The minimum absolute atomic E-state index is 0.227. The summed E-state index contributed by atoms with van der Waals surface area (Å²) in [5, 5.41) is 9.14. The lowest BCUT2D eigenvalue weighted by molar-refractivity contribution is -0.168. The first-order chi connectivity index (χ1) is 13.7. The number of carbonyl (C=O) groups excluding carboxylic acids is 1. The van der Waals surface area contributed by atoms with Crippen LogP contribution in [0.3, 0.4) is 0 Å². The largest absolute Gasteiger partial charge is 0.481 e. The van der Waals surface area contributed by atoms with Gasteiger partial charge in [-0.3, -0.25) is 9.59 Å². The van der Waals surface area contributed by atoms with Gasteiger partial charge in [-0.25, -0.2) is 0 Å². The molecule has 164 valence electrons. The van der Waals surface area contributed by atoms with E-state index in [-0.39, 0.29) is 23.7 Å². The number of aliphatic carboxylic acids is 1. The van der Waals surface area contributed by atoms with Crippen LogP contribution < -0.4 is 0 Å². The highest BCUT2D eigenvalue weighted by Gasteiger charge is 2.64. The van der Waals surface area contributed by atoms with Crippen molar-refractivity contribution < 1.29 is 14.7 Å². The third kappa shape index (κ3) is 3.21. The molecule has 0 amide bonds. The number of hydrogen-bond donors (Lipinski definition) is 1. The van der Waals surface area contributed by atoms with E-state index in [9.17, 15) is 9.59 Å². The Hall–Kier alpha value is -0.860. The van der Waals surface area contributed by atoms with E-state index in [1.807, 2.05) is 0 Å². The number of fused-ring (bicyclic) bond motifs is 5. The highest BCUT2D eigenvalue weighted by atomic mass is 16.4. The Bertz CT molecular complexity index is 656. The van der Waals surface area contributed by atoms with Crippen molar-refractivity contribution in [1.82, 2.24) is 0 Å². The molecule has 0 radical (unpaired) electrons. The van der Waals surface area contributed by atoms with Crippen molar-refractivity contribution in [2.75, 3.05) is 0 Å². The smallest absolute Gasteiger partial charge is 0.303 e. The second kappa shape index (κ2) is 7.68. The number of carboxylic acid groups (broad SMARTS) is 1. The van der Waals surface area contributed by atoms with Crippen LogP contribution in [-0.4, -0.2) is 16.9 Å². The SMILES string of the molecule is CC[C@H]1C(=O)C2C3CCC(C(C)CCC(=O)O)C3(C)CC[C@@H]2C2(C)CCCCC12. The first-order valence-corrected chi connectivity index (χ1v) is 12.5. The summed E-state index contributed by atoms with van der Waals surface area (Å²) in [6.07, 6.45) is 12.2. The maximum Gasteiger partial charge on any atom is 0.303 e. The topological polar surface area (TPSA) is 54.4 Å². The van der Waals surface area contributed by atoms with Crippen molar-refractivity contribution in [1.29, 1.82) is 0 Å². The Morgan fingerprint density at radius 2 is 1.76 bits per heavy atom. The van der Waals surface area contributed by atoms with Crippen molar-refractivity contribution in [3.63, 3.8) is 0 Å². The minimum atomic E-state index is -0.676. The minimum Gasteiger partial charge on any atom is -0.481 e. The van der Waals surface area contributed by atoms with Gasteiger partial charge in [0.15, 0.2) is 0 Å². The van der Waals surface area contributed by atoms with Gasteiger partial charge in [-0.1, -0.05) is 40.5 Å². The Morgan fingerprint density at radius 1 is 1.03 bits per heavy atom. The molecule has 4 aliphatic carbocycles. The number of carboxylic acids is 1. The van der Waals surface area contributed by atoms with Crippen molar-refractivity contribution in [2.45, 2.75) is 98.3 Å². The number of carbonyl (C=O) groups is 2. The van der Waals surface area contributed by atoms with Crippen molar-refractivity contribution in [3.05, 3.63) is 0 Å². The summed E-state index contributed by atoms with van der Waals surface area (Å²) >= 11 is 0. The molecule has 0 heterocycles. The lowest BCUT2D eigenvalue weighted by Gasteiger charge is -2.62. The Kier molecular flexibility index (Phi) is 5.66. The monoisotopic (exact) mass is 402 g/mol. The Balaban J connectivity index is 1.62. The third-order valence-electron chi connectivity index (χ3n) is 10.6. The molecule has 0 aromatic heterocycles. The van der Waals surface area contributed by atoms with Crippen molar-refractivity contribution in [2.24, 2.45) is 52.3 Å². The molecule has 0 bridgehead atoms. The molecule has 0 aromatic rings.